The Bertz CT molecular complexity index is 178. The average molecular weight is 220 g/mol. The number of nitrogens with two attached hydrogens (primary N) is 1. The van der Waals surface area contributed by atoms with Crippen molar-refractivity contribution in [3.8, 4) is 0 Å². The molecule has 82 valence electrons. The number of hydrogen-bond acceptors (Lipinski definition) is 3. The SMILES string of the molecule is CCCCN(CCCOP=O)C(N)=O. The van der Waals surface area contributed by atoms with E-state index in [1.54, 1.807) is 4.90 Å². The van der Waals surface area contributed by atoms with Gasteiger partial charge in [-0.3, -0.25) is 4.52 Å². The lowest BCUT2D eigenvalue weighted by molar-refractivity contribution is 0.201. The van der Waals surface area contributed by atoms with Crippen molar-refractivity contribution in [2.45, 2.75) is 26.2 Å². The van der Waals surface area contributed by atoms with Crippen molar-refractivity contribution in [1.29, 1.82) is 0 Å². The van der Waals surface area contributed by atoms with E-state index in [0.717, 1.165) is 12.8 Å². The van der Waals surface area contributed by atoms with Crippen molar-refractivity contribution in [2.24, 2.45) is 5.73 Å². The van der Waals surface area contributed by atoms with Gasteiger partial charge >= 0.3 is 14.7 Å². The van der Waals surface area contributed by atoms with Gasteiger partial charge < -0.3 is 10.6 Å². The van der Waals surface area contributed by atoms with Crippen LogP contribution in [0, 0.1) is 0 Å². The van der Waals surface area contributed by atoms with Crippen LogP contribution in [0.5, 0.6) is 0 Å². The number of amides is 2. The summed E-state index contributed by atoms with van der Waals surface area (Å²) in [6.45, 7) is 3.67. The number of unbranched alkanes of at least 4 members (excludes halogenated alkanes) is 1. The molecule has 0 aliphatic rings. The van der Waals surface area contributed by atoms with Gasteiger partial charge in [0.05, 0.1) is 6.61 Å². The zero-order valence-electron chi connectivity index (χ0n) is 8.44. The lowest BCUT2D eigenvalue weighted by Crippen LogP contribution is -2.37. The van der Waals surface area contributed by atoms with E-state index >= 15 is 0 Å². The molecule has 0 heterocycles. The Kier molecular flexibility index (Phi) is 8.48. The quantitative estimate of drug-likeness (QED) is 0.500. The molecule has 0 aromatic carbocycles. The molecule has 0 spiro atoms. The van der Waals surface area contributed by atoms with Gasteiger partial charge in [-0.05, 0) is 12.8 Å². The van der Waals surface area contributed by atoms with Crippen LogP contribution in [0.3, 0.4) is 0 Å². The zero-order valence-corrected chi connectivity index (χ0v) is 9.33. The van der Waals surface area contributed by atoms with Gasteiger partial charge in [-0.2, -0.15) is 0 Å². The molecule has 14 heavy (non-hydrogen) atoms. The number of primary amides is 1. The minimum Gasteiger partial charge on any atom is -0.351 e. The standard InChI is InChI=1S/C8H17N2O3P/c1-2-3-5-10(8(9)11)6-4-7-13-14-12/h2-7H2,1H3,(H2,9,11). The first-order chi connectivity index (χ1) is 6.72. The Balaban J connectivity index is 3.62. The van der Waals surface area contributed by atoms with Gasteiger partial charge in [0.1, 0.15) is 0 Å². The fourth-order valence-corrected chi connectivity index (χ4v) is 1.24. The second kappa shape index (κ2) is 8.91. The van der Waals surface area contributed by atoms with Crippen LogP contribution < -0.4 is 5.73 Å². The van der Waals surface area contributed by atoms with Crippen LogP contribution in [-0.2, 0) is 9.09 Å². The maximum absolute atomic E-state index is 10.9. The minimum absolute atomic E-state index is 0.317. The van der Waals surface area contributed by atoms with Crippen molar-refractivity contribution in [3.63, 3.8) is 0 Å². The van der Waals surface area contributed by atoms with Crippen LogP contribution in [0.2, 0.25) is 0 Å². The summed E-state index contributed by atoms with van der Waals surface area (Å²) >= 11 is 0. The summed E-state index contributed by atoms with van der Waals surface area (Å²) < 4.78 is 14.5. The Hall–Kier alpha value is -0.670. The van der Waals surface area contributed by atoms with Gasteiger partial charge in [0.25, 0.3) is 0 Å². The predicted molar refractivity (Wildman–Crippen MR) is 54.2 cm³/mol. The molecule has 0 rings (SSSR count). The van der Waals surface area contributed by atoms with Crippen molar-refractivity contribution in [3.05, 3.63) is 0 Å². The summed E-state index contributed by atoms with van der Waals surface area (Å²) in [5.74, 6) is 0. The highest BCUT2D eigenvalue weighted by atomic mass is 31.1. The van der Waals surface area contributed by atoms with Gasteiger partial charge in [-0.15, -0.1) is 0 Å². The van der Waals surface area contributed by atoms with Crippen molar-refractivity contribution in [2.75, 3.05) is 19.7 Å². The Morgan fingerprint density at radius 2 is 2.07 bits per heavy atom. The van der Waals surface area contributed by atoms with E-state index in [9.17, 15) is 9.36 Å². The van der Waals surface area contributed by atoms with E-state index in [1.807, 2.05) is 0 Å². The summed E-state index contributed by atoms with van der Waals surface area (Å²) in [5.41, 5.74) is 5.17. The molecular weight excluding hydrogens is 203 g/mol. The number of carbonyl (C=O) groups is 1. The highest BCUT2D eigenvalue weighted by Crippen LogP contribution is 2.00. The van der Waals surface area contributed by atoms with Crippen LogP contribution in [0.15, 0.2) is 0 Å². The molecule has 0 atom stereocenters. The van der Waals surface area contributed by atoms with Gasteiger partial charge in [0.15, 0.2) is 0 Å². The number of nitrogens with zero attached hydrogens (tertiary/aromatic N) is 1. The molecule has 0 aliphatic heterocycles. The molecule has 5 nitrogen and oxygen atoms in total. The Labute approximate surface area is 85.9 Å². The first-order valence-electron chi connectivity index (χ1n) is 4.71. The van der Waals surface area contributed by atoms with Gasteiger partial charge in [0.2, 0.25) is 0 Å². The maximum atomic E-state index is 10.9. The Morgan fingerprint density at radius 3 is 2.57 bits per heavy atom. The highest BCUT2D eigenvalue weighted by Gasteiger charge is 2.07. The van der Waals surface area contributed by atoms with Crippen LogP contribution in [0.1, 0.15) is 26.2 Å². The molecule has 0 saturated heterocycles. The molecule has 0 radical (unpaired) electrons. The van der Waals surface area contributed by atoms with Crippen LogP contribution in [0.4, 0.5) is 4.79 Å². The molecule has 2 amide bonds. The third-order valence-electron chi connectivity index (χ3n) is 1.81. The van der Waals surface area contributed by atoms with Crippen molar-refractivity contribution >= 4 is 14.7 Å². The van der Waals surface area contributed by atoms with E-state index in [1.165, 1.54) is 0 Å². The van der Waals surface area contributed by atoms with Crippen molar-refractivity contribution in [1.82, 2.24) is 4.90 Å². The molecule has 0 fully saturated rings. The number of carbonyl (C=O) groups excluding carboxylic acids is 1. The molecule has 0 aromatic rings. The number of hydrogen-bond donors (Lipinski definition) is 1. The molecule has 0 saturated carbocycles. The van der Waals surface area contributed by atoms with E-state index in [2.05, 4.69) is 11.4 Å². The molecule has 0 aromatic heterocycles. The Morgan fingerprint density at radius 1 is 1.43 bits per heavy atom. The van der Waals surface area contributed by atoms with Gasteiger partial charge in [-0.1, -0.05) is 13.3 Å². The van der Waals surface area contributed by atoms with E-state index < -0.39 is 6.03 Å². The smallest absolute Gasteiger partial charge is 0.327 e. The first-order valence-corrected chi connectivity index (χ1v) is 5.44. The third-order valence-corrected chi connectivity index (χ3v) is 2.10. The normalized spacial score (nSPS) is 10.4. The topological polar surface area (TPSA) is 72.6 Å². The van der Waals surface area contributed by atoms with Gasteiger partial charge in [0, 0.05) is 13.1 Å². The lowest BCUT2D eigenvalue weighted by atomic mass is 10.3. The third kappa shape index (κ3) is 6.80. The minimum atomic E-state index is -0.405. The lowest BCUT2D eigenvalue weighted by Gasteiger charge is -2.19. The van der Waals surface area contributed by atoms with Crippen LogP contribution >= 0.6 is 8.69 Å². The first kappa shape index (κ1) is 13.3. The van der Waals surface area contributed by atoms with E-state index in [0.29, 0.717) is 26.1 Å². The summed E-state index contributed by atoms with van der Waals surface area (Å²) in [5, 5.41) is 0. The zero-order chi connectivity index (χ0) is 10.8. The monoisotopic (exact) mass is 220 g/mol. The largest absolute Gasteiger partial charge is 0.351 e. The van der Waals surface area contributed by atoms with E-state index in [4.69, 9.17) is 5.73 Å². The summed E-state index contributed by atoms with van der Waals surface area (Å²) in [4.78, 5) is 12.5. The second-order valence-electron chi connectivity index (χ2n) is 2.94. The highest BCUT2D eigenvalue weighted by molar-refractivity contribution is 7.17. The number of urea groups is 1. The van der Waals surface area contributed by atoms with Crippen LogP contribution in [-0.4, -0.2) is 30.6 Å². The molecule has 6 heteroatoms. The average Bonchev–Trinajstić information content (AvgIpc) is 2.16. The molecule has 0 unspecified atom stereocenters. The van der Waals surface area contributed by atoms with E-state index in [-0.39, 0.29) is 8.69 Å². The molecule has 0 aliphatic carbocycles. The molecule has 0 bridgehead atoms. The fourth-order valence-electron chi connectivity index (χ4n) is 1.04. The molecule has 2 N–H and O–H groups in total. The summed E-state index contributed by atoms with van der Waals surface area (Å²) in [6.07, 6.45) is 2.63. The van der Waals surface area contributed by atoms with Crippen LogP contribution in [0.25, 0.3) is 0 Å². The maximum Gasteiger partial charge on any atom is 0.327 e. The summed E-state index contributed by atoms with van der Waals surface area (Å²) in [6, 6.07) is -0.405. The summed E-state index contributed by atoms with van der Waals surface area (Å²) in [7, 11) is -0.317. The fraction of sp³-hybridized carbons (Fsp3) is 0.875. The second-order valence-corrected chi connectivity index (χ2v) is 3.35. The molecular formula is C8H17N2O3P. The van der Waals surface area contributed by atoms with Crippen molar-refractivity contribution < 1.29 is 13.9 Å². The predicted octanol–water partition coefficient (Wildman–Crippen LogP) is 1.78. The number of rotatable bonds is 8. The van der Waals surface area contributed by atoms with Gasteiger partial charge in [-0.25, -0.2) is 9.36 Å².